The Hall–Kier alpha value is -1.74. The van der Waals surface area contributed by atoms with Crippen LogP contribution in [0.3, 0.4) is 0 Å². The Labute approximate surface area is 137 Å². The Morgan fingerprint density at radius 2 is 1.83 bits per heavy atom. The van der Waals surface area contributed by atoms with E-state index < -0.39 is 6.09 Å². The molecule has 0 heterocycles. The van der Waals surface area contributed by atoms with Crippen LogP contribution in [-0.4, -0.2) is 45.4 Å². The highest BCUT2D eigenvalue weighted by Gasteiger charge is 2.49. The van der Waals surface area contributed by atoms with Crippen molar-refractivity contribution in [1.29, 1.82) is 0 Å². The van der Waals surface area contributed by atoms with Gasteiger partial charge in [0.1, 0.15) is 0 Å². The highest BCUT2D eigenvalue weighted by Crippen LogP contribution is 2.52. The minimum atomic E-state index is -0.393. The normalized spacial score (nSPS) is 25.0. The highest BCUT2D eigenvalue weighted by molar-refractivity contribution is 5.75. The highest BCUT2D eigenvalue weighted by atomic mass is 16.5. The van der Waals surface area contributed by atoms with E-state index in [1.165, 1.54) is 0 Å². The lowest BCUT2D eigenvalue weighted by Crippen LogP contribution is -2.29. The smallest absolute Gasteiger partial charge is 0.407 e. The van der Waals surface area contributed by atoms with Gasteiger partial charge >= 0.3 is 6.09 Å². The third kappa shape index (κ3) is 6.11. The molecule has 0 saturated heterocycles. The van der Waals surface area contributed by atoms with E-state index in [0.29, 0.717) is 50.5 Å². The summed E-state index contributed by atoms with van der Waals surface area (Å²) in [6.45, 7) is 1.61. The van der Waals surface area contributed by atoms with Crippen molar-refractivity contribution in [3.63, 3.8) is 0 Å². The van der Waals surface area contributed by atoms with Crippen molar-refractivity contribution in [3.8, 4) is 11.8 Å². The Morgan fingerprint density at radius 1 is 1.13 bits per heavy atom. The van der Waals surface area contributed by atoms with E-state index >= 15 is 0 Å². The molecule has 0 aromatic carbocycles. The zero-order chi connectivity index (χ0) is 16.5. The molecule has 2 N–H and O–H groups in total. The van der Waals surface area contributed by atoms with Gasteiger partial charge < -0.3 is 20.1 Å². The Bertz CT molecular complexity index is 451. The van der Waals surface area contributed by atoms with Crippen molar-refractivity contribution in [2.75, 3.05) is 33.4 Å². The molecule has 0 spiro atoms. The standard InChI is InChI=1S/C17H26N2O4/c1-18-16(20)8-10-22-11-9-19-17(21)23-12-15-13-6-4-2-3-5-7-14(13)15/h13-15H,4-12H2,1H3,(H,18,20)(H,19,21). The summed E-state index contributed by atoms with van der Waals surface area (Å²) in [7, 11) is 1.59. The van der Waals surface area contributed by atoms with Crippen molar-refractivity contribution in [2.24, 2.45) is 17.8 Å². The molecule has 23 heavy (non-hydrogen) atoms. The molecule has 0 radical (unpaired) electrons. The monoisotopic (exact) mass is 322 g/mol. The summed E-state index contributed by atoms with van der Waals surface area (Å²) >= 11 is 0. The van der Waals surface area contributed by atoms with Crippen LogP contribution in [0.25, 0.3) is 0 Å². The Kier molecular flexibility index (Phi) is 7.21. The summed E-state index contributed by atoms with van der Waals surface area (Å²) in [4.78, 5) is 22.6. The average Bonchev–Trinajstić information content (AvgIpc) is 3.17. The van der Waals surface area contributed by atoms with Crippen LogP contribution in [-0.2, 0) is 14.3 Å². The van der Waals surface area contributed by atoms with Crippen molar-refractivity contribution in [3.05, 3.63) is 0 Å². The number of hydrogen-bond acceptors (Lipinski definition) is 4. The van der Waals surface area contributed by atoms with Gasteiger partial charge in [0.05, 0.1) is 19.8 Å². The molecule has 2 rings (SSSR count). The van der Waals surface area contributed by atoms with Crippen LogP contribution in [0.15, 0.2) is 0 Å². The molecule has 0 aromatic rings. The third-order valence-corrected chi connectivity index (χ3v) is 4.51. The molecular formula is C17H26N2O4. The van der Waals surface area contributed by atoms with Gasteiger partial charge in [-0.05, 0) is 30.6 Å². The largest absolute Gasteiger partial charge is 0.449 e. The molecule has 2 aliphatic rings. The van der Waals surface area contributed by atoms with E-state index in [0.717, 1.165) is 25.7 Å². The zero-order valence-electron chi connectivity index (χ0n) is 13.7. The average molecular weight is 322 g/mol. The second kappa shape index (κ2) is 9.41. The van der Waals surface area contributed by atoms with Crippen molar-refractivity contribution in [1.82, 2.24) is 10.6 Å². The lowest BCUT2D eigenvalue weighted by Gasteiger charge is -2.07. The summed E-state index contributed by atoms with van der Waals surface area (Å²) in [6.07, 6.45) is 4.14. The van der Waals surface area contributed by atoms with Crippen LogP contribution in [0.1, 0.15) is 32.1 Å². The Morgan fingerprint density at radius 3 is 2.48 bits per heavy atom. The number of carbonyl (C=O) groups excluding carboxylic acids is 2. The predicted molar refractivity (Wildman–Crippen MR) is 85.6 cm³/mol. The first-order chi connectivity index (χ1) is 11.2. The van der Waals surface area contributed by atoms with Gasteiger partial charge in [0.15, 0.2) is 0 Å². The van der Waals surface area contributed by atoms with Gasteiger partial charge in [0.25, 0.3) is 0 Å². The van der Waals surface area contributed by atoms with Crippen LogP contribution in [0, 0.1) is 29.6 Å². The number of fused-ring (bicyclic) bond motifs is 1. The zero-order valence-corrected chi connectivity index (χ0v) is 13.7. The summed E-state index contributed by atoms with van der Waals surface area (Å²) in [5.41, 5.74) is 0. The molecule has 2 atom stereocenters. The van der Waals surface area contributed by atoms with Crippen molar-refractivity contribution < 1.29 is 19.1 Å². The van der Waals surface area contributed by atoms with Gasteiger partial charge in [0.2, 0.25) is 5.91 Å². The minimum Gasteiger partial charge on any atom is -0.449 e. The number of rotatable bonds is 8. The molecule has 6 nitrogen and oxygen atoms in total. The third-order valence-electron chi connectivity index (χ3n) is 4.51. The first-order valence-corrected chi connectivity index (χ1v) is 8.37. The van der Waals surface area contributed by atoms with Crippen LogP contribution in [0.5, 0.6) is 0 Å². The van der Waals surface area contributed by atoms with E-state index in [4.69, 9.17) is 9.47 Å². The maximum absolute atomic E-state index is 11.6. The first kappa shape index (κ1) is 17.6. The van der Waals surface area contributed by atoms with E-state index in [-0.39, 0.29) is 5.91 Å². The van der Waals surface area contributed by atoms with Crippen LogP contribution in [0.4, 0.5) is 4.79 Å². The fraction of sp³-hybridized carbons (Fsp3) is 0.765. The van der Waals surface area contributed by atoms with E-state index in [2.05, 4.69) is 22.5 Å². The number of nitrogens with one attached hydrogen (secondary N) is 2. The van der Waals surface area contributed by atoms with Crippen LogP contribution in [0.2, 0.25) is 0 Å². The molecule has 1 fully saturated rings. The molecule has 0 aromatic heterocycles. The molecule has 6 heteroatoms. The van der Waals surface area contributed by atoms with Crippen molar-refractivity contribution >= 4 is 12.0 Å². The maximum Gasteiger partial charge on any atom is 0.407 e. The second-order valence-electron chi connectivity index (χ2n) is 5.98. The lowest BCUT2D eigenvalue weighted by molar-refractivity contribution is -0.121. The van der Waals surface area contributed by atoms with E-state index in [1.54, 1.807) is 7.05 Å². The van der Waals surface area contributed by atoms with Crippen molar-refractivity contribution in [2.45, 2.75) is 32.1 Å². The van der Waals surface area contributed by atoms with Gasteiger partial charge in [-0.15, -0.1) is 11.8 Å². The van der Waals surface area contributed by atoms with Crippen LogP contribution < -0.4 is 10.6 Å². The Balaban J connectivity index is 1.47. The molecule has 128 valence electrons. The van der Waals surface area contributed by atoms with Gasteiger partial charge in [-0.3, -0.25) is 4.79 Å². The molecular weight excluding hydrogens is 296 g/mol. The van der Waals surface area contributed by atoms with Gasteiger partial charge in [-0.25, -0.2) is 4.79 Å². The molecule has 2 unspecified atom stereocenters. The molecule has 2 amide bonds. The van der Waals surface area contributed by atoms with Gasteiger partial charge in [-0.1, -0.05) is 0 Å². The summed E-state index contributed by atoms with van der Waals surface area (Å²) in [6, 6.07) is 0. The minimum absolute atomic E-state index is 0.0553. The lowest BCUT2D eigenvalue weighted by atomic mass is 10.1. The molecule has 1 saturated carbocycles. The first-order valence-electron chi connectivity index (χ1n) is 8.37. The number of alkyl carbamates (subject to hydrolysis) is 1. The number of ether oxygens (including phenoxy) is 2. The second-order valence-corrected chi connectivity index (χ2v) is 5.98. The van der Waals surface area contributed by atoms with E-state index in [9.17, 15) is 9.59 Å². The number of amides is 2. The molecule has 0 aliphatic heterocycles. The quantitative estimate of drug-likeness (QED) is 0.522. The predicted octanol–water partition coefficient (Wildman–Crippen LogP) is 1.30. The topological polar surface area (TPSA) is 76.7 Å². The maximum atomic E-state index is 11.6. The number of hydrogen-bond donors (Lipinski definition) is 2. The fourth-order valence-corrected chi connectivity index (χ4v) is 3.12. The van der Waals surface area contributed by atoms with E-state index in [1.807, 2.05) is 0 Å². The molecule has 0 bridgehead atoms. The fourth-order valence-electron chi connectivity index (χ4n) is 3.12. The summed E-state index contributed by atoms with van der Waals surface area (Å²) in [5.74, 6) is 8.17. The number of carbonyl (C=O) groups is 2. The SMILES string of the molecule is CNC(=O)CCOCCNC(=O)OCC1C2CCC#CCCC21. The van der Waals surface area contributed by atoms with Gasteiger partial charge in [0, 0.05) is 32.9 Å². The summed E-state index contributed by atoms with van der Waals surface area (Å²) < 4.78 is 10.5. The van der Waals surface area contributed by atoms with Crippen LogP contribution >= 0.6 is 0 Å². The molecule has 2 aliphatic carbocycles. The summed E-state index contributed by atoms with van der Waals surface area (Å²) in [5, 5.41) is 5.18. The van der Waals surface area contributed by atoms with Gasteiger partial charge in [-0.2, -0.15) is 0 Å².